The van der Waals surface area contributed by atoms with Crippen LogP contribution in [-0.4, -0.2) is 22.0 Å². The van der Waals surface area contributed by atoms with Crippen LogP contribution in [-0.2, 0) is 16.6 Å². The van der Waals surface area contributed by atoms with Crippen molar-refractivity contribution in [1.29, 1.82) is 0 Å². The lowest BCUT2D eigenvalue weighted by Gasteiger charge is -2.09. The highest BCUT2D eigenvalue weighted by molar-refractivity contribution is 7.89. The van der Waals surface area contributed by atoms with Gasteiger partial charge in [-0.05, 0) is 31.2 Å². The molecule has 0 atom stereocenters. The fraction of sp³-hybridized carbons (Fsp3) is 0.455. The summed E-state index contributed by atoms with van der Waals surface area (Å²) in [4.78, 5) is 0.139. The molecule has 0 heterocycles. The van der Waals surface area contributed by atoms with Gasteiger partial charge in [0.2, 0.25) is 10.0 Å². The fourth-order valence-corrected chi connectivity index (χ4v) is 3.06. The first-order chi connectivity index (χ1) is 8.01. The van der Waals surface area contributed by atoms with E-state index < -0.39 is 10.0 Å². The zero-order valence-electron chi connectivity index (χ0n) is 9.96. The zero-order valence-corrected chi connectivity index (χ0v) is 11.5. The van der Waals surface area contributed by atoms with E-state index in [1.807, 2.05) is 6.92 Å². The maximum absolute atomic E-state index is 12.0. The van der Waals surface area contributed by atoms with Gasteiger partial charge in [-0.2, -0.15) is 0 Å². The summed E-state index contributed by atoms with van der Waals surface area (Å²) in [5.74, 6) is 0. The molecule has 1 aromatic carbocycles. The Kier molecular flexibility index (Phi) is 5.39. The molecule has 0 saturated heterocycles. The molecule has 0 saturated carbocycles. The van der Waals surface area contributed by atoms with Crippen LogP contribution >= 0.6 is 11.6 Å². The minimum atomic E-state index is -3.50. The molecule has 1 aromatic rings. The zero-order chi connectivity index (χ0) is 12.9. The predicted octanol–water partition coefficient (Wildman–Crippen LogP) is 1.75. The quantitative estimate of drug-likeness (QED) is 0.832. The van der Waals surface area contributed by atoms with E-state index in [0.717, 1.165) is 12.0 Å². The number of rotatable bonds is 6. The van der Waals surface area contributed by atoms with Gasteiger partial charge in [0.1, 0.15) is 4.90 Å². The Balaban J connectivity index is 3.07. The lowest BCUT2D eigenvalue weighted by Crippen LogP contribution is -2.25. The molecule has 1 rings (SSSR count). The minimum absolute atomic E-state index is 0.139. The number of sulfonamides is 1. The van der Waals surface area contributed by atoms with Crippen molar-refractivity contribution in [3.05, 3.63) is 28.8 Å². The smallest absolute Gasteiger partial charge is 0.242 e. The van der Waals surface area contributed by atoms with E-state index in [2.05, 4.69) is 10.0 Å². The summed E-state index contributed by atoms with van der Waals surface area (Å²) in [6.07, 6.45) is 0.743. The summed E-state index contributed by atoms with van der Waals surface area (Å²) in [6.45, 7) is 2.92. The summed E-state index contributed by atoms with van der Waals surface area (Å²) in [5.41, 5.74) is 0.883. The van der Waals surface area contributed by atoms with Crippen LogP contribution in [0.5, 0.6) is 0 Å². The molecule has 0 aliphatic heterocycles. The van der Waals surface area contributed by atoms with Crippen molar-refractivity contribution in [2.45, 2.75) is 24.8 Å². The Morgan fingerprint density at radius 2 is 2.06 bits per heavy atom. The molecule has 0 bridgehead atoms. The first-order valence-electron chi connectivity index (χ1n) is 5.44. The maximum atomic E-state index is 12.0. The van der Waals surface area contributed by atoms with Gasteiger partial charge in [-0.15, -0.1) is 0 Å². The second-order valence-electron chi connectivity index (χ2n) is 3.69. The van der Waals surface area contributed by atoms with Gasteiger partial charge in [0, 0.05) is 13.1 Å². The molecule has 0 aliphatic rings. The predicted molar refractivity (Wildman–Crippen MR) is 69.7 cm³/mol. The van der Waals surface area contributed by atoms with E-state index in [0.29, 0.717) is 13.1 Å². The largest absolute Gasteiger partial charge is 0.316 e. The summed E-state index contributed by atoms with van der Waals surface area (Å²) in [6, 6.07) is 5.00. The average Bonchev–Trinajstić information content (AvgIpc) is 2.29. The lowest BCUT2D eigenvalue weighted by atomic mass is 10.2. The Hall–Kier alpha value is -0.620. The van der Waals surface area contributed by atoms with Crippen LogP contribution in [0, 0.1) is 0 Å². The average molecular weight is 277 g/mol. The number of benzene rings is 1. The Bertz CT molecular complexity index is 474. The number of hydrogen-bond acceptors (Lipinski definition) is 3. The van der Waals surface area contributed by atoms with Crippen molar-refractivity contribution in [3.8, 4) is 0 Å². The van der Waals surface area contributed by atoms with E-state index in [9.17, 15) is 8.42 Å². The molecule has 4 nitrogen and oxygen atoms in total. The highest BCUT2D eigenvalue weighted by Gasteiger charge is 2.17. The highest BCUT2D eigenvalue weighted by atomic mass is 35.5. The van der Waals surface area contributed by atoms with Gasteiger partial charge < -0.3 is 5.32 Å². The van der Waals surface area contributed by atoms with Crippen LogP contribution in [0.25, 0.3) is 0 Å². The Morgan fingerprint density at radius 1 is 1.35 bits per heavy atom. The monoisotopic (exact) mass is 276 g/mol. The van der Waals surface area contributed by atoms with Crippen LogP contribution in [0.15, 0.2) is 23.1 Å². The molecule has 0 amide bonds. The molecule has 0 aromatic heterocycles. The summed E-state index contributed by atoms with van der Waals surface area (Å²) < 4.78 is 26.4. The van der Waals surface area contributed by atoms with Crippen molar-refractivity contribution in [2.75, 3.05) is 13.6 Å². The molecule has 6 heteroatoms. The molecule has 0 aliphatic carbocycles. The van der Waals surface area contributed by atoms with Gasteiger partial charge in [0.25, 0.3) is 0 Å². The van der Waals surface area contributed by atoms with Crippen molar-refractivity contribution in [1.82, 2.24) is 10.0 Å². The molecule has 0 fully saturated rings. The molecule has 17 heavy (non-hydrogen) atoms. The molecule has 96 valence electrons. The first-order valence-corrected chi connectivity index (χ1v) is 7.30. The van der Waals surface area contributed by atoms with Gasteiger partial charge in [0.15, 0.2) is 0 Å². The first kappa shape index (κ1) is 14.4. The van der Waals surface area contributed by atoms with E-state index >= 15 is 0 Å². The van der Waals surface area contributed by atoms with Gasteiger partial charge >= 0.3 is 0 Å². The number of hydrogen-bond donors (Lipinski definition) is 2. The van der Waals surface area contributed by atoms with Crippen LogP contribution in [0.1, 0.15) is 18.9 Å². The molecule has 2 N–H and O–H groups in total. The fourth-order valence-electron chi connectivity index (χ4n) is 1.38. The Morgan fingerprint density at radius 3 is 2.65 bits per heavy atom. The SMILES string of the molecule is CCCNS(=O)(=O)c1cc(CNC)ccc1Cl. The van der Waals surface area contributed by atoms with Gasteiger partial charge in [-0.1, -0.05) is 24.6 Å². The van der Waals surface area contributed by atoms with Crippen LogP contribution in [0.3, 0.4) is 0 Å². The normalized spacial score (nSPS) is 11.7. The second-order valence-corrected chi connectivity index (χ2v) is 5.84. The van der Waals surface area contributed by atoms with Gasteiger partial charge in [-0.25, -0.2) is 13.1 Å². The third-order valence-electron chi connectivity index (χ3n) is 2.21. The molecular formula is C11H17ClN2O2S. The van der Waals surface area contributed by atoms with Crippen molar-refractivity contribution >= 4 is 21.6 Å². The molecule has 0 radical (unpaired) electrons. The second kappa shape index (κ2) is 6.35. The standard InChI is InChI=1S/C11H17ClN2O2S/c1-3-6-14-17(15,16)11-7-9(8-13-2)4-5-10(11)12/h4-5,7,13-14H,3,6,8H2,1-2H3. The Labute approximate surface area is 107 Å². The lowest BCUT2D eigenvalue weighted by molar-refractivity contribution is 0.580. The van der Waals surface area contributed by atoms with Crippen LogP contribution < -0.4 is 10.0 Å². The third-order valence-corrected chi connectivity index (χ3v) is 4.15. The van der Waals surface area contributed by atoms with E-state index in [1.165, 1.54) is 0 Å². The van der Waals surface area contributed by atoms with Crippen molar-refractivity contribution < 1.29 is 8.42 Å². The van der Waals surface area contributed by atoms with Crippen molar-refractivity contribution in [3.63, 3.8) is 0 Å². The molecule has 0 spiro atoms. The highest BCUT2D eigenvalue weighted by Crippen LogP contribution is 2.22. The summed E-state index contributed by atoms with van der Waals surface area (Å²) in [7, 11) is -1.70. The summed E-state index contributed by atoms with van der Waals surface area (Å²) >= 11 is 5.92. The topological polar surface area (TPSA) is 58.2 Å². The van der Waals surface area contributed by atoms with E-state index in [1.54, 1.807) is 25.2 Å². The maximum Gasteiger partial charge on any atom is 0.242 e. The van der Waals surface area contributed by atoms with Gasteiger partial charge in [0.05, 0.1) is 5.02 Å². The van der Waals surface area contributed by atoms with Crippen LogP contribution in [0.2, 0.25) is 5.02 Å². The number of halogens is 1. The van der Waals surface area contributed by atoms with Crippen LogP contribution in [0.4, 0.5) is 0 Å². The minimum Gasteiger partial charge on any atom is -0.316 e. The van der Waals surface area contributed by atoms with E-state index in [-0.39, 0.29) is 9.92 Å². The summed E-state index contributed by atoms with van der Waals surface area (Å²) in [5, 5.41) is 3.21. The van der Waals surface area contributed by atoms with E-state index in [4.69, 9.17) is 11.6 Å². The number of nitrogens with one attached hydrogen (secondary N) is 2. The molecular weight excluding hydrogens is 260 g/mol. The van der Waals surface area contributed by atoms with Gasteiger partial charge in [-0.3, -0.25) is 0 Å². The molecule has 0 unspecified atom stereocenters. The van der Waals surface area contributed by atoms with Crippen molar-refractivity contribution in [2.24, 2.45) is 0 Å². The third kappa shape index (κ3) is 3.96.